The van der Waals surface area contributed by atoms with Gasteiger partial charge in [-0.05, 0) is 25.8 Å². The van der Waals surface area contributed by atoms with Crippen molar-refractivity contribution in [1.29, 1.82) is 0 Å². The van der Waals surface area contributed by atoms with E-state index in [-0.39, 0.29) is 0 Å². The van der Waals surface area contributed by atoms with Gasteiger partial charge >= 0.3 is 0 Å². The number of rotatable bonds is 4. The number of nitrogens with two attached hydrogens (primary N) is 1. The Hall–Kier alpha value is -1.91. The molecule has 18 heavy (non-hydrogen) atoms. The van der Waals surface area contributed by atoms with Gasteiger partial charge in [-0.2, -0.15) is 10.2 Å². The molecular weight excluding hydrogens is 228 g/mol. The predicted octanol–water partition coefficient (Wildman–Crippen LogP) is 2.54. The van der Waals surface area contributed by atoms with Gasteiger partial charge in [0, 0.05) is 11.1 Å². The van der Waals surface area contributed by atoms with Crippen LogP contribution in [0.5, 0.6) is 0 Å². The van der Waals surface area contributed by atoms with E-state index in [1.54, 1.807) is 0 Å². The maximum absolute atomic E-state index is 5.85. The molecule has 0 aliphatic carbocycles. The van der Waals surface area contributed by atoms with Gasteiger partial charge in [-0.3, -0.25) is 0 Å². The average Bonchev–Trinajstić information content (AvgIpc) is 2.72. The van der Waals surface area contributed by atoms with E-state index in [1.807, 2.05) is 19.9 Å². The van der Waals surface area contributed by atoms with Crippen LogP contribution in [0.15, 0.2) is 10.6 Å². The highest BCUT2D eigenvalue weighted by molar-refractivity contribution is 5.68. The monoisotopic (exact) mass is 246 g/mol. The molecule has 0 bridgehead atoms. The molecule has 0 unspecified atom stereocenters. The van der Waals surface area contributed by atoms with E-state index < -0.39 is 0 Å². The second kappa shape index (κ2) is 5.16. The van der Waals surface area contributed by atoms with Crippen molar-refractivity contribution in [2.45, 2.75) is 40.0 Å². The Morgan fingerprint density at radius 1 is 1.28 bits per heavy atom. The molecule has 0 aliphatic rings. The second-order valence-electron chi connectivity index (χ2n) is 4.33. The molecule has 0 amide bonds. The van der Waals surface area contributed by atoms with E-state index >= 15 is 0 Å². The van der Waals surface area contributed by atoms with E-state index in [0.29, 0.717) is 5.82 Å². The summed E-state index contributed by atoms with van der Waals surface area (Å²) >= 11 is 0. The number of nitrogen functional groups attached to an aromatic ring is 1. The van der Waals surface area contributed by atoms with Crippen molar-refractivity contribution < 1.29 is 4.52 Å². The Balaban J connectivity index is 2.57. The van der Waals surface area contributed by atoms with Crippen LogP contribution < -0.4 is 5.73 Å². The van der Waals surface area contributed by atoms with Gasteiger partial charge in [0.2, 0.25) is 0 Å². The molecule has 2 rings (SSSR count). The minimum atomic E-state index is 0.475. The van der Waals surface area contributed by atoms with Crippen molar-refractivity contribution in [2.75, 3.05) is 5.73 Å². The lowest BCUT2D eigenvalue weighted by atomic mass is 10.0. The van der Waals surface area contributed by atoms with Crippen LogP contribution in [0.25, 0.3) is 11.3 Å². The Bertz CT molecular complexity index is 548. The first-order chi connectivity index (χ1) is 8.67. The number of hydrogen-bond donors (Lipinski definition) is 1. The van der Waals surface area contributed by atoms with Gasteiger partial charge in [-0.15, -0.1) is 0 Å². The summed E-state index contributed by atoms with van der Waals surface area (Å²) < 4.78 is 5.39. The summed E-state index contributed by atoms with van der Waals surface area (Å²) in [5.74, 6) is 1.22. The Morgan fingerprint density at radius 3 is 2.72 bits per heavy atom. The molecule has 0 saturated carbocycles. The Kier molecular flexibility index (Phi) is 3.60. The summed E-state index contributed by atoms with van der Waals surface area (Å²) in [7, 11) is 0. The third-order valence-electron chi connectivity index (χ3n) is 2.89. The molecular formula is C13H18N4O. The van der Waals surface area contributed by atoms with Crippen LogP contribution in [0.2, 0.25) is 0 Å². The normalized spacial score (nSPS) is 10.8. The van der Waals surface area contributed by atoms with Crippen LogP contribution in [0.3, 0.4) is 0 Å². The summed E-state index contributed by atoms with van der Waals surface area (Å²) in [5.41, 5.74) is 9.55. The molecule has 96 valence electrons. The lowest BCUT2D eigenvalue weighted by Crippen LogP contribution is -1.99. The zero-order chi connectivity index (χ0) is 13.1. The molecule has 0 aromatic carbocycles. The largest absolute Gasteiger partial charge is 0.381 e. The molecule has 0 radical (unpaired) electrons. The Morgan fingerprint density at radius 2 is 2.06 bits per heavy atom. The SMILES string of the molecule is CCCc1c(N)noc1-c1cc(C)nnc1CC. The van der Waals surface area contributed by atoms with Gasteiger partial charge in [0.15, 0.2) is 11.6 Å². The number of aromatic nitrogens is 3. The maximum atomic E-state index is 5.85. The van der Waals surface area contributed by atoms with Crippen LogP contribution in [0, 0.1) is 6.92 Å². The van der Waals surface area contributed by atoms with Crippen molar-refractivity contribution >= 4 is 5.82 Å². The van der Waals surface area contributed by atoms with Gasteiger partial charge in [0.05, 0.1) is 11.4 Å². The summed E-state index contributed by atoms with van der Waals surface area (Å²) in [6, 6.07) is 1.98. The highest BCUT2D eigenvalue weighted by Crippen LogP contribution is 2.31. The van der Waals surface area contributed by atoms with Gasteiger partial charge in [0.1, 0.15) is 0 Å². The van der Waals surface area contributed by atoms with Crippen LogP contribution in [0.4, 0.5) is 5.82 Å². The quantitative estimate of drug-likeness (QED) is 0.896. The number of anilines is 1. The zero-order valence-corrected chi connectivity index (χ0v) is 11.0. The number of hydrogen-bond acceptors (Lipinski definition) is 5. The van der Waals surface area contributed by atoms with Gasteiger partial charge < -0.3 is 10.3 Å². The molecule has 0 aliphatic heterocycles. The second-order valence-corrected chi connectivity index (χ2v) is 4.33. The first kappa shape index (κ1) is 12.5. The van der Waals surface area contributed by atoms with Crippen molar-refractivity contribution in [3.63, 3.8) is 0 Å². The van der Waals surface area contributed by atoms with Crippen molar-refractivity contribution in [2.24, 2.45) is 0 Å². The first-order valence-corrected chi connectivity index (χ1v) is 6.24. The zero-order valence-electron chi connectivity index (χ0n) is 11.0. The summed E-state index contributed by atoms with van der Waals surface area (Å²) in [6.45, 7) is 6.06. The molecule has 5 heteroatoms. The van der Waals surface area contributed by atoms with Crippen LogP contribution in [-0.4, -0.2) is 15.4 Å². The number of aryl methyl sites for hydroxylation is 2. The molecule has 0 spiro atoms. The fourth-order valence-corrected chi connectivity index (χ4v) is 2.00. The average molecular weight is 246 g/mol. The van der Waals surface area contributed by atoms with Crippen LogP contribution >= 0.6 is 0 Å². The van der Waals surface area contributed by atoms with Crippen LogP contribution in [-0.2, 0) is 12.8 Å². The standard InChI is InChI=1S/C13H18N4O/c1-4-6-9-12(18-17-13(9)14)10-7-8(3)15-16-11(10)5-2/h7H,4-6H2,1-3H3,(H2,14,17). The lowest BCUT2D eigenvalue weighted by Gasteiger charge is -2.06. The lowest BCUT2D eigenvalue weighted by molar-refractivity contribution is 0.434. The molecule has 5 nitrogen and oxygen atoms in total. The van der Waals surface area contributed by atoms with Gasteiger partial charge in [-0.25, -0.2) is 0 Å². The highest BCUT2D eigenvalue weighted by atomic mass is 16.5. The third-order valence-corrected chi connectivity index (χ3v) is 2.89. The van der Waals surface area contributed by atoms with Crippen molar-refractivity contribution in [1.82, 2.24) is 15.4 Å². The number of nitrogens with zero attached hydrogens (tertiary/aromatic N) is 3. The topological polar surface area (TPSA) is 77.8 Å². The van der Waals surface area contributed by atoms with E-state index in [0.717, 1.165) is 47.5 Å². The molecule has 0 saturated heterocycles. The van der Waals surface area contributed by atoms with Gasteiger partial charge in [0.25, 0.3) is 0 Å². The fraction of sp³-hybridized carbons (Fsp3) is 0.462. The molecule has 0 atom stereocenters. The molecule has 0 fully saturated rings. The van der Waals surface area contributed by atoms with E-state index in [2.05, 4.69) is 22.3 Å². The maximum Gasteiger partial charge on any atom is 0.174 e. The molecule has 2 aromatic rings. The molecule has 2 N–H and O–H groups in total. The highest BCUT2D eigenvalue weighted by Gasteiger charge is 2.18. The molecule has 2 aromatic heterocycles. The Labute approximate surface area is 106 Å². The van der Waals surface area contributed by atoms with E-state index in [9.17, 15) is 0 Å². The molecule has 2 heterocycles. The summed E-state index contributed by atoms with van der Waals surface area (Å²) in [4.78, 5) is 0. The van der Waals surface area contributed by atoms with Crippen LogP contribution in [0.1, 0.15) is 37.2 Å². The predicted molar refractivity (Wildman–Crippen MR) is 70.1 cm³/mol. The van der Waals surface area contributed by atoms with E-state index in [1.165, 1.54) is 0 Å². The van der Waals surface area contributed by atoms with Crippen molar-refractivity contribution in [3.8, 4) is 11.3 Å². The van der Waals surface area contributed by atoms with E-state index in [4.69, 9.17) is 10.3 Å². The third kappa shape index (κ3) is 2.20. The summed E-state index contributed by atoms with van der Waals surface area (Å²) in [6.07, 6.45) is 2.65. The van der Waals surface area contributed by atoms with Crippen molar-refractivity contribution in [3.05, 3.63) is 23.0 Å². The summed E-state index contributed by atoms with van der Waals surface area (Å²) in [5, 5.41) is 12.2. The fourth-order valence-electron chi connectivity index (χ4n) is 2.00. The van der Waals surface area contributed by atoms with Gasteiger partial charge in [-0.1, -0.05) is 25.4 Å². The minimum Gasteiger partial charge on any atom is -0.381 e. The smallest absolute Gasteiger partial charge is 0.174 e. The first-order valence-electron chi connectivity index (χ1n) is 6.24. The minimum absolute atomic E-state index is 0.475.